The molecule has 0 bridgehead atoms. The lowest BCUT2D eigenvalue weighted by atomic mass is 10.0. The highest BCUT2D eigenvalue weighted by Gasteiger charge is 2.61. The summed E-state index contributed by atoms with van der Waals surface area (Å²) in [5.41, 5.74) is 0.363. The van der Waals surface area contributed by atoms with Crippen molar-refractivity contribution in [3.63, 3.8) is 0 Å². The van der Waals surface area contributed by atoms with Crippen LogP contribution in [0.5, 0.6) is 0 Å². The highest BCUT2D eigenvalue weighted by atomic mass is 32.3. The van der Waals surface area contributed by atoms with Crippen molar-refractivity contribution in [1.82, 2.24) is 9.97 Å². The highest BCUT2D eigenvalue weighted by Crippen LogP contribution is 2.59. The quantitative estimate of drug-likeness (QED) is 0.729. The molecule has 1 unspecified atom stereocenters. The summed E-state index contributed by atoms with van der Waals surface area (Å²) in [6.45, 7) is 4.00. The van der Waals surface area contributed by atoms with Gasteiger partial charge < -0.3 is 0 Å². The Hall–Kier alpha value is -1.15. The molecule has 1 aromatic rings. The Morgan fingerprint density at radius 1 is 1.28 bits per heavy atom. The van der Waals surface area contributed by atoms with Gasteiger partial charge in [0.25, 0.3) is 0 Å². The van der Waals surface area contributed by atoms with Crippen LogP contribution in [0.2, 0.25) is 0 Å². The van der Waals surface area contributed by atoms with Crippen molar-refractivity contribution in [2.24, 2.45) is 0 Å². The smallest absolute Gasteiger partial charge is 0.248 e. The molecule has 0 radical (unpaired) electrons. The number of anilines is 1. The SMILES string of the molecule is CC.CS1(C)CCC(N2C(=O)C3(CC3)c3cnc(S(C)(=O)=O)nc32)C1. The van der Waals surface area contributed by atoms with E-state index in [1.807, 2.05) is 13.8 Å². The summed E-state index contributed by atoms with van der Waals surface area (Å²) < 4.78 is 23.6. The molecule has 1 saturated heterocycles. The number of amides is 1. The Kier molecular flexibility index (Phi) is 4.43. The lowest BCUT2D eigenvalue weighted by molar-refractivity contribution is -0.120. The lowest BCUT2D eigenvalue weighted by Crippen LogP contribution is -2.41. The third kappa shape index (κ3) is 2.97. The molecule has 140 valence electrons. The van der Waals surface area contributed by atoms with Crippen molar-refractivity contribution in [2.45, 2.75) is 49.7 Å². The average molecular weight is 386 g/mol. The second-order valence-electron chi connectivity index (χ2n) is 7.50. The molecule has 1 spiro atoms. The van der Waals surface area contributed by atoms with Gasteiger partial charge >= 0.3 is 0 Å². The first-order valence-electron chi connectivity index (χ1n) is 8.74. The maximum Gasteiger partial charge on any atom is 0.248 e. The fourth-order valence-electron chi connectivity index (χ4n) is 3.79. The van der Waals surface area contributed by atoms with Crippen LogP contribution in [0.3, 0.4) is 0 Å². The minimum Gasteiger partial charge on any atom is -0.292 e. The number of hydrogen-bond donors (Lipinski definition) is 0. The minimum absolute atomic E-state index is 0.106. The third-order valence-corrected chi connectivity index (χ3v) is 8.70. The van der Waals surface area contributed by atoms with Gasteiger partial charge in [-0.3, -0.25) is 9.69 Å². The molecule has 1 aromatic heterocycles. The van der Waals surface area contributed by atoms with Gasteiger partial charge in [0, 0.05) is 24.1 Å². The number of rotatable bonds is 2. The van der Waals surface area contributed by atoms with Crippen LogP contribution in [0.15, 0.2) is 11.4 Å². The van der Waals surface area contributed by atoms with Gasteiger partial charge in [-0.15, -0.1) is 0 Å². The van der Waals surface area contributed by atoms with E-state index < -0.39 is 25.3 Å². The summed E-state index contributed by atoms with van der Waals surface area (Å²) in [5.74, 6) is 2.81. The number of fused-ring (bicyclic) bond motifs is 2. The Morgan fingerprint density at radius 2 is 1.92 bits per heavy atom. The first-order valence-corrected chi connectivity index (χ1v) is 13.4. The molecule has 1 saturated carbocycles. The van der Waals surface area contributed by atoms with E-state index in [2.05, 4.69) is 22.5 Å². The van der Waals surface area contributed by atoms with E-state index in [0.717, 1.165) is 42.6 Å². The topological polar surface area (TPSA) is 80.2 Å². The normalized spacial score (nSPS) is 26.8. The van der Waals surface area contributed by atoms with Gasteiger partial charge in [0.2, 0.25) is 20.9 Å². The molecule has 0 N–H and O–H groups in total. The molecule has 2 aliphatic heterocycles. The molecule has 3 heterocycles. The predicted molar refractivity (Wildman–Crippen MR) is 102 cm³/mol. The second kappa shape index (κ2) is 5.94. The maximum absolute atomic E-state index is 13.0. The zero-order valence-corrected chi connectivity index (χ0v) is 17.2. The zero-order chi connectivity index (χ0) is 18.6. The highest BCUT2D eigenvalue weighted by molar-refractivity contribution is 8.32. The first-order chi connectivity index (χ1) is 11.6. The molecular formula is C17H27N3O3S2. The van der Waals surface area contributed by atoms with E-state index in [1.54, 1.807) is 11.1 Å². The molecule has 1 atom stereocenters. The summed E-state index contributed by atoms with van der Waals surface area (Å²) in [7, 11) is -4.15. The van der Waals surface area contributed by atoms with Gasteiger partial charge in [-0.05, 0) is 43.3 Å². The largest absolute Gasteiger partial charge is 0.292 e. The van der Waals surface area contributed by atoms with Crippen LogP contribution in [0.1, 0.15) is 38.7 Å². The minimum atomic E-state index is -3.48. The van der Waals surface area contributed by atoms with E-state index in [0.29, 0.717) is 5.82 Å². The van der Waals surface area contributed by atoms with Crippen LogP contribution in [0.25, 0.3) is 0 Å². The average Bonchev–Trinajstić information content (AvgIpc) is 3.22. The van der Waals surface area contributed by atoms with Crippen molar-refractivity contribution in [3.05, 3.63) is 11.8 Å². The van der Waals surface area contributed by atoms with Gasteiger partial charge in [-0.1, -0.05) is 13.8 Å². The first kappa shape index (κ1) is 18.6. The van der Waals surface area contributed by atoms with Crippen LogP contribution in [-0.4, -0.2) is 60.6 Å². The number of hydrogen-bond acceptors (Lipinski definition) is 5. The van der Waals surface area contributed by atoms with Crippen molar-refractivity contribution in [3.8, 4) is 0 Å². The molecule has 0 aromatic carbocycles. The van der Waals surface area contributed by atoms with Crippen LogP contribution in [0, 0.1) is 0 Å². The molecule has 6 nitrogen and oxygen atoms in total. The Morgan fingerprint density at radius 3 is 2.40 bits per heavy atom. The van der Waals surface area contributed by atoms with Gasteiger partial charge in [-0.25, -0.2) is 28.4 Å². The van der Waals surface area contributed by atoms with Gasteiger partial charge in [0.1, 0.15) is 5.82 Å². The summed E-state index contributed by atoms with van der Waals surface area (Å²) in [4.78, 5) is 23.1. The second-order valence-corrected chi connectivity index (χ2v) is 13.7. The van der Waals surface area contributed by atoms with Gasteiger partial charge in [0.05, 0.1) is 5.41 Å². The van der Waals surface area contributed by atoms with E-state index >= 15 is 0 Å². The van der Waals surface area contributed by atoms with E-state index in [4.69, 9.17) is 0 Å². The number of sulfone groups is 1. The number of carbonyl (C=O) groups is 1. The lowest BCUT2D eigenvalue weighted by Gasteiger charge is -2.28. The van der Waals surface area contributed by atoms with Crippen LogP contribution < -0.4 is 4.90 Å². The molecule has 8 heteroatoms. The Balaban J connectivity index is 0.000000880. The monoisotopic (exact) mass is 385 g/mol. The number of nitrogens with zero attached hydrogens (tertiary/aromatic N) is 3. The molecular weight excluding hydrogens is 358 g/mol. The summed E-state index contributed by atoms with van der Waals surface area (Å²) in [6, 6.07) is 0.147. The van der Waals surface area contributed by atoms with Crippen molar-refractivity contribution in [2.75, 3.05) is 35.2 Å². The summed E-state index contributed by atoms with van der Waals surface area (Å²) in [6.07, 6.45) is 9.87. The standard InChI is InChI=1S/C15H21N3O3S2.C2H6/c1-22(2)7-4-10(9-22)18-12-11(15(5-6-15)13(18)19)8-16-14(17-12)23(3,20)21;1-2/h8,10H,4-7,9H2,1-3H3;1-2H3. The maximum atomic E-state index is 13.0. The van der Waals surface area contributed by atoms with E-state index in [1.165, 1.54) is 0 Å². The molecule has 1 amide bonds. The van der Waals surface area contributed by atoms with Gasteiger partial charge in [0.15, 0.2) is 0 Å². The van der Waals surface area contributed by atoms with Crippen molar-refractivity contribution >= 4 is 31.6 Å². The predicted octanol–water partition coefficient (Wildman–Crippen LogP) is 2.12. The fraction of sp³-hybridized carbons (Fsp3) is 0.706. The Labute approximate surface area is 151 Å². The molecule has 25 heavy (non-hydrogen) atoms. The Bertz CT molecular complexity index is 816. The third-order valence-electron chi connectivity index (χ3n) is 5.21. The summed E-state index contributed by atoms with van der Waals surface area (Å²) >= 11 is 0. The van der Waals surface area contributed by atoms with Gasteiger partial charge in [-0.2, -0.15) is 0 Å². The molecule has 3 aliphatic rings. The van der Waals surface area contributed by atoms with Crippen LogP contribution >= 0.6 is 10.0 Å². The van der Waals surface area contributed by atoms with Crippen LogP contribution in [0.4, 0.5) is 5.82 Å². The molecule has 2 fully saturated rings. The van der Waals surface area contributed by atoms with Crippen molar-refractivity contribution in [1.29, 1.82) is 0 Å². The fourth-order valence-corrected chi connectivity index (χ4v) is 6.72. The van der Waals surface area contributed by atoms with E-state index in [-0.39, 0.29) is 17.1 Å². The molecule has 4 rings (SSSR count). The summed E-state index contributed by atoms with van der Waals surface area (Å²) in [5, 5.41) is -0.184. The number of aromatic nitrogens is 2. The van der Waals surface area contributed by atoms with Crippen LogP contribution in [-0.2, 0) is 20.0 Å². The van der Waals surface area contributed by atoms with E-state index in [9.17, 15) is 13.2 Å². The number of carbonyl (C=O) groups excluding carboxylic acids is 1. The van der Waals surface area contributed by atoms with Crippen molar-refractivity contribution < 1.29 is 13.2 Å². The zero-order valence-electron chi connectivity index (χ0n) is 15.6. The molecule has 1 aliphatic carbocycles.